The Hall–Kier alpha value is -3.15. The molecule has 2 amide bonds. The Balaban J connectivity index is 0.000000324. The standard InChI is InChI=1S/C26H32N4O2.C11H22/c1-26(2,3)19-11-7-18(8-12-19)25(32)28-20-13-9-17(10-14-20)24-29-22-6-4-5-21(27-16-31)15-23(22)30-24;1-9-5-7-10(8-6-9)11(2,3)4/h5-6,9-10,13-16,18-19H,4,7-8,11-12H2,1-3H3,(H,27,31)(H,28,32)(H,29,30);9-10H,5-8H2,1-4H3. The van der Waals surface area contributed by atoms with Gasteiger partial charge in [-0.05, 0) is 104 Å². The first-order valence-corrected chi connectivity index (χ1v) is 16.4. The summed E-state index contributed by atoms with van der Waals surface area (Å²) < 4.78 is 0. The molecule has 3 N–H and O–H groups in total. The molecule has 234 valence electrons. The summed E-state index contributed by atoms with van der Waals surface area (Å²) in [5.74, 6) is 3.66. The molecular formula is C37H54N4O2. The maximum Gasteiger partial charge on any atom is 0.227 e. The smallest absolute Gasteiger partial charge is 0.227 e. The molecule has 2 aromatic rings. The zero-order chi connectivity index (χ0) is 31.2. The zero-order valence-corrected chi connectivity index (χ0v) is 27.6. The molecule has 1 heterocycles. The minimum absolute atomic E-state index is 0.0994. The highest BCUT2D eigenvalue weighted by Crippen LogP contribution is 2.40. The zero-order valence-electron chi connectivity index (χ0n) is 27.6. The van der Waals surface area contributed by atoms with Gasteiger partial charge in [-0.15, -0.1) is 0 Å². The number of benzene rings is 1. The summed E-state index contributed by atoms with van der Waals surface area (Å²) in [6, 6.07) is 7.78. The molecule has 2 saturated carbocycles. The molecule has 3 aliphatic rings. The van der Waals surface area contributed by atoms with E-state index in [1.54, 1.807) is 0 Å². The Morgan fingerprint density at radius 1 is 0.860 bits per heavy atom. The number of nitrogens with zero attached hydrogens (tertiary/aromatic N) is 1. The SMILES string of the molecule is CC(C)(C)C1CCC(C(=O)Nc2ccc(-c3nc4c([nH]3)=CC(NC=O)=CCC=4)cc2)CC1.CC1CCC(C(C)(C)C)CC1. The average Bonchev–Trinajstić information content (AvgIpc) is 3.25. The van der Waals surface area contributed by atoms with E-state index in [0.717, 1.165) is 71.0 Å². The van der Waals surface area contributed by atoms with E-state index in [4.69, 9.17) is 0 Å². The number of H-pyrrole nitrogens is 1. The Morgan fingerprint density at radius 2 is 1.44 bits per heavy atom. The number of hydrogen-bond donors (Lipinski definition) is 3. The minimum atomic E-state index is 0.0994. The molecule has 0 aliphatic heterocycles. The van der Waals surface area contributed by atoms with E-state index in [1.165, 1.54) is 25.7 Å². The highest BCUT2D eigenvalue weighted by molar-refractivity contribution is 5.92. The number of fused-ring (bicyclic) bond motifs is 1. The average molecular weight is 587 g/mol. The predicted octanol–water partition coefficient (Wildman–Crippen LogP) is 7.32. The Kier molecular flexibility index (Phi) is 10.7. The molecule has 0 unspecified atom stereocenters. The number of aromatic nitrogens is 2. The third-order valence-corrected chi connectivity index (χ3v) is 9.92. The molecule has 0 atom stereocenters. The van der Waals surface area contributed by atoms with Gasteiger partial charge in [-0.3, -0.25) is 9.59 Å². The van der Waals surface area contributed by atoms with E-state index in [9.17, 15) is 9.59 Å². The van der Waals surface area contributed by atoms with Gasteiger partial charge in [0.25, 0.3) is 0 Å². The molecule has 0 spiro atoms. The van der Waals surface area contributed by atoms with E-state index in [0.29, 0.717) is 29.6 Å². The lowest BCUT2D eigenvalue weighted by Gasteiger charge is -2.36. The van der Waals surface area contributed by atoms with Crippen molar-refractivity contribution in [2.45, 2.75) is 106 Å². The molecule has 43 heavy (non-hydrogen) atoms. The van der Waals surface area contributed by atoms with Crippen LogP contribution in [0.25, 0.3) is 23.5 Å². The van der Waals surface area contributed by atoms with Gasteiger partial charge in [-0.25, -0.2) is 4.98 Å². The number of amides is 2. The molecule has 5 rings (SSSR count). The van der Waals surface area contributed by atoms with Crippen LogP contribution in [0.4, 0.5) is 5.69 Å². The first kappa shape index (κ1) is 32.8. The number of nitrogens with one attached hydrogen (secondary N) is 3. The Morgan fingerprint density at radius 3 is 2.00 bits per heavy atom. The van der Waals surface area contributed by atoms with Crippen molar-refractivity contribution in [1.29, 1.82) is 0 Å². The van der Waals surface area contributed by atoms with E-state index in [1.807, 2.05) is 42.5 Å². The summed E-state index contributed by atoms with van der Waals surface area (Å²) in [6.07, 6.45) is 17.2. The fourth-order valence-electron chi connectivity index (χ4n) is 6.79. The normalized spacial score (nSPS) is 24.0. The molecule has 0 saturated heterocycles. The third kappa shape index (κ3) is 9.17. The molecule has 0 radical (unpaired) electrons. The van der Waals surface area contributed by atoms with Crippen molar-refractivity contribution in [3.8, 4) is 11.4 Å². The van der Waals surface area contributed by atoms with Gasteiger partial charge in [-0.2, -0.15) is 0 Å². The summed E-state index contributed by atoms with van der Waals surface area (Å²) >= 11 is 0. The molecule has 6 nitrogen and oxygen atoms in total. The number of carbonyl (C=O) groups excluding carboxylic acids is 2. The van der Waals surface area contributed by atoms with E-state index < -0.39 is 0 Å². The van der Waals surface area contributed by atoms with E-state index in [2.05, 4.69) is 69.1 Å². The first-order chi connectivity index (χ1) is 20.3. The van der Waals surface area contributed by atoms with Crippen LogP contribution in [-0.2, 0) is 9.59 Å². The lowest BCUT2D eigenvalue weighted by atomic mass is 9.69. The maximum atomic E-state index is 12.8. The van der Waals surface area contributed by atoms with Gasteiger partial charge in [0.1, 0.15) is 5.82 Å². The van der Waals surface area contributed by atoms with Crippen LogP contribution in [0.3, 0.4) is 0 Å². The van der Waals surface area contributed by atoms with Gasteiger partial charge in [0.05, 0.1) is 10.7 Å². The van der Waals surface area contributed by atoms with E-state index in [-0.39, 0.29) is 11.8 Å². The van der Waals surface area contributed by atoms with Crippen LogP contribution in [0.2, 0.25) is 0 Å². The number of carbonyl (C=O) groups is 2. The molecule has 2 fully saturated rings. The predicted molar refractivity (Wildman–Crippen MR) is 178 cm³/mol. The topological polar surface area (TPSA) is 86.9 Å². The summed E-state index contributed by atoms with van der Waals surface area (Å²) in [4.78, 5) is 31.5. The first-order valence-electron chi connectivity index (χ1n) is 16.4. The van der Waals surface area contributed by atoms with Gasteiger partial charge in [0.2, 0.25) is 12.3 Å². The second-order valence-corrected chi connectivity index (χ2v) is 15.2. The molecule has 3 aliphatic carbocycles. The Labute approximate surface area is 258 Å². The second-order valence-electron chi connectivity index (χ2n) is 15.2. The number of aromatic amines is 1. The summed E-state index contributed by atoms with van der Waals surface area (Å²) in [5, 5.41) is 7.51. The fourth-order valence-corrected chi connectivity index (χ4v) is 6.79. The van der Waals surface area contributed by atoms with Gasteiger partial charge < -0.3 is 15.6 Å². The molecule has 6 heteroatoms. The molecule has 1 aromatic heterocycles. The summed E-state index contributed by atoms with van der Waals surface area (Å²) in [6.45, 7) is 16.4. The van der Waals surface area contributed by atoms with Crippen molar-refractivity contribution in [1.82, 2.24) is 15.3 Å². The van der Waals surface area contributed by atoms with Gasteiger partial charge >= 0.3 is 0 Å². The van der Waals surface area contributed by atoms with Crippen LogP contribution in [0, 0.1) is 34.5 Å². The summed E-state index contributed by atoms with van der Waals surface area (Å²) in [5.41, 5.74) is 3.38. The number of hydrogen-bond acceptors (Lipinski definition) is 3. The molecule has 1 aromatic carbocycles. The maximum absolute atomic E-state index is 12.8. The molecular weight excluding hydrogens is 532 g/mol. The van der Waals surface area contributed by atoms with Crippen LogP contribution in [0.5, 0.6) is 0 Å². The minimum Gasteiger partial charge on any atom is -0.338 e. The second kappa shape index (κ2) is 14.1. The van der Waals surface area contributed by atoms with Crippen LogP contribution in [-0.4, -0.2) is 22.3 Å². The van der Waals surface area contributed by atoms with E-state index >= 15 is 0 Å². The number of allylic oxidation sites excluding steroid dienone is 2. The van der Waals surface area contributed by atoms with Crippen molar-refractivity contribution in [3.05, 3.63) is 46.7 Å². The van der Waals surface area contributed by atoms with Gasteiger partial charge in [0.15, 0.2) is 0 Å². The van der Waals surface area contributed by atoms with Crippen LogP contribution in [0.1, 0.15) is 106 Å². The highest BCUT2D eigenvalue weighted by atomic mass is 16.2. The summed E-state index contributed by atoms with van der Waals surface area (Å²) in [7, 11) is 0. The Bertz CT molecular complexity index is 1370. The largest absolute Gasteiger partial charge is 0.338 e. The van der Waals surface area contributed by atoms with Crippen molar-refractivity contribution in [3.63, 3.8) is 0 Å². The molecule has 0 bridgehead atoms. The van der Waals surface area contributed by atoms with Crippen LogP contribution >= 0.6 is 0 Å². The van der Waals surface area contributed by atoms with Gasteiger partial charge in [0, 0.05) is 22.9 Å². The monoisotopic (exact) mass is 586 g/mol. The fraction of sp³-hybridized carbons (Fsp3) is 0.595. The van der Waals surface area contributed by atoms with Crippen LogP contribution in [0.15, 0.2) is 36.0 Å². The van der Waals surface area contributed by atoms with Crippen molar-refractivity contribution >= 4 is 30.2 Å². The number of anilines is 1. The highest BCUT2D eigenvalue weighted by Gasteiger charge is 2.32. The number of rotatable bonds is 5. The third-order valence-electron chi connectivity index (χ3n) is 9.92. The van der Waals surface area contributed by atoms with Crippen molar-refractivity contribution in [2.75, 3.05) is 5.32 Å². The quantitative estimate of drug-likeness (QED) is 0.321. The van der Waals surface area contributed by atoms with Crippen LogP contribution < -0.4 is 21.3 Å². The van der Waals surface area contributed by atoms with Gasteiger partial charge in [-0.1, -0.05) is 73.5 Å². The van der Waals surface area contributed by atoms with Crippen molar-refractivity contribution in [2.24, 2.45) is 34.5 Å². The lowest BCUT2D eigenvalue weighted by Crippen LogP contribution is -2.31. The van der Waals surface area contributed by atoms with Crippen molar-refractivity contribution < 1.29 is 9.59 Å². The number of imidazole rings is 1. The lowest BCUT2D eigenvalue weighted by molar-refractivity contribution is -0.121.